The van der Waals surface area contributed by atoms with Crippen LogP contribution in [0.15, 0.2) is 42.9 Å². The summed E-state index contributed by atoms with van der Waals surface area (Å²) in [6, 6.07) is 6.28. The number of rotatable bonds is 6. The van der Waals surface area contributed by atoms with E-state index in [0.717, 1.165) is 18.8 Å². The minimum atomic E-state index is -1.10. The molecule has 142 valence electrons. The van der Waals surface area contributed by atoms with Crippen molar-refractivity contribution >= 4 is 23.2 Å². The first-order valence-corrected chi connectivity index (χ1v) is 8.59. The first kappa shape index (κ1) is 18.7. The number of carbonyl (C=O) groups excluding carboxylic acids is 2. The van der Waals surface area contributed by atoms with E-state index in [2.05, 4.69) is 25.5 Å². The number of amides is 2. The summed E-state index contributed by atoms with van der Waals surface area (Å²) in [6.45, 7) is 2.51. The molecule has 1 aromatic heterocycles. The summed E-state index contributed by atoms with van der Waals surface area (Å²) in [4.78, 5) is 34.3. The SMILES string of the molecule is O=C(NC(CO)C(=O)Nc1ccc(N2CCOCC2)cc1)c1cnccn1. The molecule has 3 N–H and O–H groups in total. The van der Waals surface area contributed by atoms with Gasteiger partial charge in [-0.2, -0.15) is 0 Å². The Morgan fingerprint density at radius 2 is 1.93 bits per heavy atom. The number of anilines is 2. The monoisotopic (exact) mass is 371 g/mol. The van der Waals surface area contributed by atoms with Crippen LogP contribution in [0.2, 0.25) is 0 Å². The van der Waals surface area contributed by atoms with E-state index in [4.69, 9.17) is 4.74 Å². The van der Waals surface area contributed by atoms with Crippen LogP contribution in [0.4, 0.5) is 11.4 Å². The molecule has 1 unspecified atom stereocenters. The number of benzene rings is 1. The van der Waals surface area contributed by atoms with Gasteiger partial charge in [0, 0.05) is 36.9 Å². The third-order valence-electron chi connectivity index (χ3n) is 4.11. The molecule has 1 aliphatic rings. The number of aromatic nitrogens is 2. The summed E-state index contributed by atoms with van der Waals surface area (Å²) < 4.78 is 5.33. The molecule has 0 radical (unpaired) electrons. The second-order valence-electron chi connectivity index (χ2n) is 5.93. The van der Waals surface area contributed by atoms with Crippen molar-refractivity contribution in [3.05, 3.63) is 48.5 Å². The van der Waals surface area contributed by atoms with Crippen LogP contribution < -0.4 is 15.5 Å². The predicted molar refractivity (Wildman–Crippen MR) is 98.5 cm³/mol. The van der Waals surface area contributed by atoms with E-state index < -0.39 is 24.5 Å². The maximum atomic E-state index is 12.3. The summed E-state index contributed by atoms with van der Waals surface area (Å²) in [5, 5.41) is 14.6. The Balaban J connectivity index is 1.58. The van der Waals surface area contributed by atoms with Crippen molar-refractivity contribution in [2.75, 3.05) is 43.1 Å². The molecule has 9 nitrogen and oxygen atoms in total. The van der Waals surface area contributed by atoms with E-state index in [-0.39, 0.29) is 5.69 Å². The molecule has 1 aliphatic heterocycles. The van der Waals surface area contributed by atoms with Crippen molar-refractivity contribution < 1.29 is 19.4 Å². The Hall–Kier alpha value is -3.04. The van der Waals surface area contributed by atoms with Gasteiger partial charge < -0.3 is 25.4 Å². The molecule has 2 heterocycles. The molecule has 0 bridgehead atoms. The topological polar surface area (TPSA) is 117 Å². The largest absolute Gasteiger partial charge is 0.394 e. The summed E-state index contributed by atoms with van der Waals surface area (Å²) >= 11 is 0. The van der Waals surface area contributed by atoms with E-state index in [1.165, 1.54) is 18.6 Å². The van der Waals surface area contributed by atoms with Crippen LogP contribution in [0.25, 0.3) is 0 Å². The number of hydrogen-bond donors (Lipinski definition) is 3. The van der Waals surface area contributed by atoms with E-state index in [1.54, 1.807) is 12.1 Å². The summed E-state index contributed by atoms with van der Waals surface area (Å²) in [5.74, 6) is -1.10. The summed E-state index contributed by atoms with van der Waals surface area (Å²) in [5.41, 5.74) is 1.69. The number of ether oxygens (including phenoxy) is 1. The van der Waals surface area contributed by atoms with Crippen molar-refractivity contribution in [1.82, 2.24) is 15.3 Å². The number of nitrogens with zero attached hydrogens (tertiary/aromatic N) is 3. The number of carbonyl (C=O) groups is 2. The van der Waals surface area contributed by atoms with Gasteiger partial charge in [-0.05, 0) is 24.3 Å². The molecule has 1 atom stereocenters. The fourth-order valence-electron chi connectivity index (χ4n) is 2.65. The lowest BCUT2D eigenvalue weighted by atomic mass is 10.2. The van der Waals surface area contributed by atoms with Gasteiger partial charge in [-0.3, -0.25) is 14.6 Å². The zero-order chi connectivity index (χ0) is 19.1. The molecule has 2 amide bonds. The summed E-state index contributed by atoms with van der Waals surface area (Å²) in [6.07, 6.45) is 4.10. The third kappa shape index (κ3) is 4.99. The number of nitrogens with one attached hydrogen (secondary N) is 2. The quantitative estimate of drug-likeness (QED) is 0.656. The molecule has 2 aromatic rings. The van der Waals surface area contributed by atoms with E-state index in [0.29, 0.717) is 18.9 Å². The first-order chi connectivity index (χ1) is 13.2. The van der Waals surface area contributed by atoms with Crippen LogP contribution in [0, 0.1) is 0 Å². The van der Waals surface area contributed by atoms with Crippen molar-refractivity contribution in [3.63, 3.8) is 0 Å². The van der Waals surface area contributed by atoms with Crippen LogP contribution in [0.1, 0.15) is 10.5 Å². The first-order valence-electron chi connectivity index (χ1n) is 8.59. The maximum Gasteiger partial charge on any atom is 0.272 e. The lowest BCUT2D eigenvalue weighted by Crippen LogP contribution is -2.46. The number of hydrogen-bond acceptors (Lipinski definition) is 7. The van der Waals surface area contributed by atoms with Crippen LogP contribution in [0.3, 0.4) is 0 Å². The molecular formula is C18H21N5O4. The van der Waals surface area contributed by atoms with E-state index >= 15 is 0 Å². The second-order valence-corrected chi connectivity index (χ2v) is 5.93. The molecule has 1 fully saturated rings. The van der Waals surface area contributed by atoms with Crippen molar-refractivity contribution in [1.29, 1.82) is 0 Å². The zero-order valence-corrected chi connectivity index (χ0v) is 14.7. The van der Waals surface area contributed by atoms with Crippen molar-refractivity contribution in [2.24, 2.45) is 0 Å². The van der Waals surface area contributed by atoms with Gasteiger partial charge in [0.2, 0.25) is 5.91 Å². The highest BCUT2D eigenvalue weighted by molar-refractivity contribution is 6.00. The van der Waals surface area contributed by atoms with Crippen LogP contribution in [0.5, 0.6) is 0 Å². The average molecular weight is 371 g/mol. The summed E-state index contributed by atoms with van der Waals surface area (Å²) in [7, 11) is 0. The van der Waals surface area contributed by atoms with Crippen molar-refractivity contribution in [3.8, 4) is 0 Å². The zero-order valence-electron chi connectivity index (χ0n) is 14.7. The Bertz CT molecular complexity index is 763. The maximum absolute atomic E-state index is 12.3. The Morgan fingerprint density at radius 3 is 2.56 bits per heavy atom. The Labute approximate surface area is 156 Å². The highest BCUT2D eigenvalue weighted by Crippen LogP contribution is 2.19. The highest BCUT2D eigenvalue weighted by Gasteiger charge is 2.21. The molecule has 0 aliphatic carbocycles. The molecule has 0 saturated carbocycles. The predicted octanol–water partition coefficient (Wildman–Crippen LogP) is 0.0426. The molecule has 3 rings (SSSR count). The lowest BCUT2D eigenvalue weighted by Gasteiger charge is -2.29. The minimum absolute atomic E-state index is 0.0682. The molecular weight excluding hydrogens is 350 g/mol. The van der Waals surface area contributed by atoms with Gasteiger partial charge in [0.25, 0.3) is 5.91 Å². The lowest BCUT2D eigenvalue weighted by molar-refractivity contribution is -0.118. The average Bonchev–Trinajstić information content (AvgIpc) is 2.73. The van der Waals surface area contributed by atoms with E-state index in [9.17, 15) is 14.7 Å². The van der Waals surface area contributed by atoms with Gasteiger partial charge in [0.05, 0.1) is 26.0 Å². The fourth-order valence-corrected chi connectivity index (χ4v) is 2.65. The minimum Gasteiger partial charge on any atom is -0.394 e. The van der Waals surface area contributed by atoms with Gasteiger partial charge in [-0.1, -0.05) is 0 Å². The van der Waals surface area contributed by atoms with Gasteiger partial charge in [0.15, 0.2) is 0 Å². The standard InChI is InChI=1S/C18H21N5O4/c24-12-16(22-17(25)15-11-19-5-6-20-15)18(26)21-13-1-3-14(4-2-13)23-7-9-27-10-8-23/h1-6,11,16,24H,7-10,12H2,(H,21,26)(H,22,25). The normalized spacial score (nSPS) is 15.1. The van der Waals surface area contributed by atoms with E-state index in [1.807, 2.05) is 12.1 Å². The molecule has 0 spiro atoms. The van der Waals surface area contributed by atoms with Gasteiger partial charge >= 0.3 is 0 Å². The Kier molecular flexibility index (Phi) is 6.29. The smallest absolute Gasteiger partial charge is 0.272 e. The van der Waals surface area contributed by atoms with Crippen LogP contribution in [-0.2, 0) is 9.53 Å². The van der Waals surface area contributed by atoms with Crippen LogP contribution >= 0.6 is 0 Å². The number of aliphatic hydroxyl groups is 1. The van der Waals surface area contributed by atoms with Crippen molar-refractivity contribution in [2.45, 2.75) is 6.04 Å². The third-order valence-corrected chi connectivity index (χ3v) is 4.11. The molecule has 27 heavy (non-hydrogen) atoms. The van der Waals surface area contributed by atoms with Crippen LogP contribution in [-0.4, -0.2) is 65.8 Å². The van der Waals surface area contributed by atoms with Gasteiger partial charge in [-0.25, -0.2) is 4.98 Å². The highest BCUT2D eigenvalue weighted by atomic mass is 16.5. The second kappa shape index (κ2) is 9.06. The molecule has 1 saturated heterocycles. The Morgan fingerprint density at radius 1 is 1.19 bits per heavy atom. The van der Waals surface area contributed by atoms with Gasteiger partial charge in [0.1, 0.15) is 11.7 Å². The number of morpholine rings is 1. The fraction of sp³-hybridized carbons (Fsp3) is 0.333. The molecule has 9 heteroatoms. The van der Waals surface area contributed by atoms with Gasteiger partial charge in [-0.15, -0.1) is 0 Å². The number of aliphatic hydroxyl groups excluding tert-OH is 1. The molecule has 1 aromatic carbocycles.